The van der Waals surface area contributed by atoms with Crippen LogP contribution in [0.4, 0.5) is 24.7 Å². The van der Waals surface area contributed by atoms with Gasteiger partial charge in [-0.05, 0) is 44.2 Å². The van der Waals surface area contributed by atoms with Gasteiger partial charge in [0.15, 0.2) is 5.82 Å². The van der Waals surface area contributed by atoms with Crippen molar-refractivity contribution in [3.63, 3.8) is 0 Å². The molecule has 0 radical (unpaired) electrons. The highest BCUT2D eigenvalue weighted by Crippen LogP contribution is 2.32. The summed E-state index contributed by atoms with van der Waals surface area (Å²) in [6, 6.07) is 6.99. The topological polar surface area (TPSA) is 57.2 Å². The molecule has 0 aliphatic carbocycles. The Labute approximate surface area is 185 Å². The molecule has 3 aromatic rings. The van der Waals surface area contributed by atoms with Gasteiger partial charge in [-0.15, -0.1) is 5.10 Å². The van der Waals surface area contributed by atoms with Gasteiger partial charge in [-0.1, -0.05) is 19.1 Å². The van der Waals surface area contributed by atoms with E-state index in [2.05, 4.69) is 37.2 Å². The lowest BCUT2D eigenvalue weighted by Crippen LogP contribution is -2.46. The highest BCUT2D eigenvalue weighted by atomic mass is 19.4. The molecule has 1 fully saturated rings. The average Bonchev–Trinajstić information content (AvgIpc) is 2.80. The van der Waals surface area contributed by atoms with Crippen LogP contribution < -0.4 is 10.2 Å². The fourth-order valence-corrected chi connectivity index (χ4v) is 4.02. The number of hydrogen-bond acceptors (Lipinski definition) is 6. The lowest BCUT2D eigenvalue weighted by atomic mass is 10.0. The molecule has 3 heterocycles. The summed E-state index contributed by atoms with van der Waals surface area (Å²) >= 11 is 0. The fraction of sp³-hybridized carbons (Fsp3) is 0.435. The number of likely N-dealkylation sites (N-methyl/N-ethyl adjacent to an activating group) is 1. The largest absolute Gasteiger partial charge is 0.416 e. The number of benzene rings is 1. The van der Waals surface area contributed by atoms with Crippen LogP contribution in [0.15, 0.2) is 36.5 Å². The van der Waals surface area contributed by atoms with Crippen LogP contribution in [0.1, 0.15) is 36.7 Å². The second-order valence-corrected chi connectivity index (χ2v) is 8.13. The van der Waals surface area contributed by atoms with Gasteiger partial charge in [-0.2, -0.15) is 18.3 Å². The van der Waals surface area contributed by atoms with Gasteiger partial charge in [0.05, 0.1) is 34.7 Å². The number of anilines is 2. The standard InChI is InChI=1S/C23H27F3N6/c1-4-31-8-10-32(11-9-31)19-13-20-21(27-14-19)16(3)29-30-22(20)28-15(2)17-6-5-7-18(12-17)23(24,25)26/h5-7,12-15H,4,8-11H2,1-3H3,(H,28,30). The normalized spacial score (nSPS) is 16.4. The number of nitrogens with zero attached hydrogens (tertiary/aromatic N) is 5. The molecule has 1 N–H and O–H groups in total. The molecule has 1 aliphatic rings. The van der Waals surface area contributed by atoms with E-state index in [1.54, 1.807) is 6.07 Å². The average molecular weight is 445 g/mol. The molecule has 170 valence electrons. The summed E-state index contributed by atoms with van der Waals surface area (Å²) in [7, 11) is 0. The van der Waals surface area contributed by atoms with E-state index in [-0.39, 0.29) is 0 Å². The maximum absolute atomic E-state index is 13.1. The van der Waals surface area contributed by atoms with E-state index >= 15 is 0 Å². The lowest BCUT2D eigenvalue weighted by Gasteiger charge is -2.35. The van der Waals surface area contributed by atoms with Crippen molar-refractivity contribution in [1.29, 1.82) is 0 Å². The van der Waals surface area contributed by atoms with Crippen LogP contribution in [-0.2, 0) is 6.18 Å². The Morgan fingerprint density at radius 3 is 2.53 bits per heavy atom. The predicted octanol–water partition coefficient (Wildman–Crippen LogP) is 4.67. The maximum atomic E-state index is 13.1. The molecule has 0 spiro atoms. The van der Waals surface area contributed by atoms with Crippen LogP contribution in [0.25, 0.3) is 10.9 Å². The van der Waals surface area contributed by atoms with Gasteiger partial charge in [0.1, 0.15) is 0 Å². The summed E-state index contributed by atoms with van der Waals surface area (Å²) in [5.74, 6) is 0.511. The highest BCUT2D eigenvalue weighted by Gasteiger charge is 2.30. The summed E-state index contributed by atoms with van der Waals surface area (Å²) in [5, 5.41) is 12.6. The van der Waals surface area contributed by atoms with Crippen molar-refractivity contribution in [3.05, 3.63) is 53.3 Å². The predicted molar refractivity (Wildman–Crippen MR) is 120 cm³/mol. The van der Waals surface area contributed by atoms with E-state index < -0.39 is 17.8 Å². The first kappa shape index (κ1) is 22.3. The molecule has 1 atom stereocenters. The van der Waals surface area contributed by atoms with Crippen molar-refractivity contribution < 1.29 is 13.2 Å². The third-order valence-electron chi connectivity index (χ3n) is 6.02. The number of hydrogen-bond donors (Lipinski definition) is 1. The van der Waals surface area contributed by atoms with Crippen molar-refractivity contribution in [2.24, 2.45) is 0 Å². The van der Waals surface area contributed by atoms with Gasteiger partial charge in [-0.3, -0.25) is 4.98 Å². The van der Waals surface area contributed by atoms with Gasteiger partial charge < -0.3 is 15.1 Å². The molecule has 1 aromatic carbocycles. The van der Waals surface area contributed by atoms with Gasteiger partial charge in [0, 0.05) is 31.6 Å². The van der Waals surface area contributed by atoms with Crippen LogP contribution in [0.5, 0.6) is 0 Å². The van der Waals surface area contributed by atoms with E-state index in [1.165, 1.54) is 12.1 Å². The second kappa shape index (κ2) is 8.90. The van der Waals surface area contributed by atoms with Gasteiger partial charge >= 0.3 is 6.18 Å². The van der Waals surface area contributed by atoms with Crippen molar-refractivity contribution in [2.75, 3.05) is 42.9 Å². The van der Waals surface area contributed by atoms with E-state index in [0.29, 0.717) is 17.1 Å². The number of rotatable bonds is 5. The number of halogens is 3. The number of aromatic nitrogens is 3. The molecule has 0 bridgehead atoms. The zero-order chi connectivity index (χ0) is 22.9. The maximum Gasteiger partial charge on any atom is 0.416 e. The van der Waals surface area contributed by atoms with Crippen molar-refractivity contribution in [2.45, 2.75) is 33.0 Å². The Morgan fingerprint density at radius 2 is 1.84 bits per heavy atom. The minimum absolute atomic E-state index is 0.394. The molecular formula is C23H27F3N6. The summed E-state index contributed by atoms with van der Waals surface area (Å²) < 4.78 is 39.4. The van der Waals surface area contributed by atoms with Gasteiger partial charge in [0.25, 0.3) is 0 Å². The minimum atomic E-state index is -4.38. The Bertz CT molecular complexity index is 1090. The van der Waals surface area contributed by atoms with E-state index in [0.717, 1.165) is 55.4 Å². The van der Waals surface area contributed by atoms with Crippen molar-refractivity contribution in [3.8, 4) is 0 Å². The highest BCUT2D eigenvalue weighted by molar-refractivity contribution is 5.92. The molecule has 32 heavy (non-hydrogen) atoms. The molecular weight excluding hydrogens is 417 g/mol. The fourth-order valence-electron chi connectivity index (χ4n) is 4.02. The number of piperazine rings is 1. The van der Waals surface area contributed by atoms with Crippen LogP contribution >= 0.6 is 0 Å². The first-order chi connectivity index (χ1) is 15.3. The first-order valence-corrected chi connectivity index (χ1v) is 10.8. The third kappa shape index (κ3) is 4.62. The molecule has 0 saturated carbocycles. The van der Waals surface area contributed by atoms with Crippen molar-refractivity contribution >= 4 is 22.4 Å². The van der Waals surface area contributed by atoms with Crippen LogP contribution in [0, 0.1) is 6.92 Å². The Balaban J connectivity index is 1.63. The summed E-state index contributed by atoms with van der Waals surface area (Å²) in [6.07, 6.45) is -2.52. The molecule has 4 rings (SSSR count). The van der Waals surface area contributed by atoms with E-state index in [9.17, 15) is 13.2 Å². The lowest BCUT2D eigenvalue weighted by molar-refractivity contribution is -0.137. The summed E-state index contributed by atoms with van der Waals surface area (Å²) in [5.41, 5.74) is 2.30. The molecule has 1 aliphatic heterocycles. The monoisotopic (exact) mass is 444 g/mol. The molecule has 1 saturated heterocycles. The summed E-state index contributed by atoms with van der Waals surface area (Å²) in [6.45, 7) is 10.7. The van der Waals surface area contributed by atoms with Gasteiger partial charge in [-0.25, -0.2) is 0 Å². The number of fused-ring (bicyclic) bond motifs is 1. The van der Waals surface area contributed by atoms with Crippen LogP contribution in [-0.4, -0.2) is 52.8 Å². The van der Waals surface area contributed by atoms with Gasteiger partial charge in [0.2, 0.25) is 0 Å². The molecule has 6 nitrogen and oxygen atoms in total. The Morgan fingerprint density at radius 1 is 1.09 bits per heavy atom. The Hall–Kier alpha value is -2.94. The quantitative estimate of drug-likeness (QED) is 0.617. The number of aryl methyl sites for hydroxylation is 1. The first-order valence-electron chi connectivity index (χ1n) is 10.8. The second-order valence-electron chi connectivity index (χ2n) is 8.13. The van der Waals surface area contributed by atoms with E-state index in [4.69, 9.17) is 0 Å². The van der Waals surface area contributed by atoms with Crippen LogP contribution in [0.3, 0.4) is 0 Å². The SMILES string of the molecule is CCN1CCN(c2cnc3c(C)nnc(NC(C)c4cccc(C(F)(F)F)c4)c3c2)CC1. The number of pyridine rings is 1. The number of alkyl halides is 3. The molecule has 9 heteroatoms. The molecule has 2 aromatic heterocycles. The zero-order valence-electron chi connectivity index (χ0n) is 18.4. The minimum Gasteiger partial charge on any atom is -0.368 e. The smallest absolute Gasteiger partial charge is 0.368 e. The van der Waals surface area contributed by atoms with Crippen LogP contribution in [0.2, 0.25) is 0 Å². The molecule has 0 amide bonds. The zero-order valence-corrected chi connectivity index (χ0v) is 18.4. The van der Waals surface area contributed by atoms with E-state index in [1.807, 2.05) is 26.1 Å². The number of nitrogens with one attached hydrogen (secondary N) is 1. The van der Waals surface area contributed by atoms with Crippen molar-refractivity contribution in [1.82, 2.24) is 20.1 Å². The Kier molecular flexibility index (Phi) is 6.19. The summed E-state index contributed by atoms with van der Waals surface area (Å²) in [4.78, 5) is 9.34. The molecule has 1 unspecified atom stereocenters. The third-order valence-corrected chi connectivity index (χ3v) is 6.02.